The lowest BCUT2D eigenvalue weighted by atomic mass is 10.0. The van der Waals surface area contributed by atoms with Crippen LogP contribution in [0.5, 0.6) is 0 Å². The summed E-state index contributed by atoms with van der Waals surface area (Å²) in [6.07, 6.45) is 3.99. The Morgan fingerprint density at radius 1 is 1.52 bits per heavy atom. The van der Waals surface area contributed by atoms with Gasteiger partial charge in [0.1, 0.15) is 4.88 Å². The van der Waals surface area contributed by atoms with E-state index in [0.717, 1.165) is 11.4 Å². The first-order valence-corrected chi connectivity index (χ1v) is 7.81. The van der Waals surface area contributed by atoms with Crippen molar-refractivity contribution in [1.29, 1.82) is 0 Å². The number of rotatable bonds is 6. The van der Waals surface area contributed by atoms with Gasteiger partial charge in [0.05, 0.1) is 12.5 Å². The zero-order chi connectivity index (χ0) is 15.4. The third-order valence-electron chi connectivity index (χ3n) is 3.45. The molecule has 5 nitrogen and oxygen atoms in total. The van der Waals surface area contributed by atoms with Crippen molar-refractivity contribution in [3.63, 3.8) is 0 Å². The lowest BCUT2D eigenvalue weighted by Gasteiger charge is -2.20. The number of hydrogen-bond donors (Lipinski definition) is 1. The first-order chi connectivity index (χ1) is 9.99. The second-order valence-electron chi connectivity index (χ2n) is 5.43. The summed E-state index contributed by atoms with van der Waals surface area (Å²) >= 11 is 1.34. The molecule has 0 fully saturated rings. The number of furan rings is 1. The number of hydrogen-bond acceptors (Lipinski definition) is 5. The summed E-state index contributed by atoms with van der Waals surface area (Å²) in [6, 6.07) is 3.75. The molecule has 0 aliphatic carbocycles. The maximum absolute atomic E-state index is 12.3. The second-order valence-corrected chi connectivity index (χ2v) is 6.46. The fraction of sp³-hybridized carbons (Fsp3) is 0.467. The molecule has 0 bridgehead atoms. The van der Waals surface area contributed by atoms with Crippen LogP contribution in [0.25, 0.3) is 10.8 Å². The first-order valence-electron chi connectivity index (χ1n) is 6.99. The van der Waals surface area contributed by atoms with E-state index in [9.17, 15) is 4.79 Å². The lowest BCUT2D eigenvalue weighted by molar-refractivity contribution is 0.0793. The van der Waals surface area contributed by atoms with Gasteiger partial charge in [-0.05, 0) is 24.5 Å². The van der Waals surface area contributed by atoms with Crippen LogP contribution in [0.2, 0.25) is 0 Å². The molecule has 1 atom stereocenters. The van der Waals surface area contributed by atoms with Crippen LogP contribution < -0.4 is 5.73 Å². The summed E-state index contributed by atoms with van der Waals surface area (Å²) in [5, 5.41) is 0.718. The van der Waals surface area contributed by atoms with Crippen LogP contribution in [0.1, 0.15) is 29.9 Å². The molecule has 1 amide bonds. The van der Waals surface area contributed by atoms with Crippen molar-refractivity contribution >= 4 is 17.2 Å². The fourth-order valence-corrected chi connectivity index (χ4v) is 2.73. The minimum absolute atomic E-state index is 0.0266. The van der Waals surface area contributed by atoms with Gasteiger partial charge in [0.25, 0.3) is 5.91 Å². The molecule has 114 valence electrons. The Kier molecular flexibility index (Phi) is 5.14. The Balaban J connectivity index is 1.96. The first kappa shape index (κ1) is 15.7. The molecule has 21 heavy (non-hydrogen) atoms. The zero-order valence-corrected chi connectivity index (χ0v) is 13.4. The van der Waals surface area contributed by atoms with Gasteiger partial charge in [-0.25, -0.2) is 4.98 Å². The minimum Gasteiger partial charge on any atom is -0.462 e. The zero-order valence-electron chi connectivity index (χ0n) is 12.6. The molecule has 2 N–H and O–H groups in total. The molecule has 2 aromatic heterocycles. The average molecular weight is 307 g/mol. The van der Waals surface area contributed by atoms with Crippen LogP contribution in [0.3, 0.4) is 0 Å². The van der Waals surface area contributed by atoms with Crippen molar-refractivity contribution in [3.05, 3.63) is 29.5 Å². The Bertz CT molecular complexity index is 578. The summed E-state index contributed by atoms with van der Waals surface area (Å²) in [5.41, 5.74) is 6.01. The molecule has 0 saturated heterocycles. The van der Waals surface area contributed by atoms with E-state index in [0.29, 0.717) is 23.1 Å². The molecule has 0 spiro atoms. The standard InChI is InChI=1S/C15H21N3O2S/c1-10(2)11(16)6-7-18(3)15(19)13-9-17-14(21-13)12-5-4-8-20-12/h4-5,8-11H,6-7,16H2,1-3H3. The maximum Gasteiger partial charge on any atom is 0.265 e. The van der Waals surface area contributed by atoms with E-state index in [1.807, 2.05) is 6.07 Å². The molecule has 1 unspecified atom stereocenters. The van der Waals surface area contributed by atoms with Gasteiger partial charge in [-0.15, -0.1) is 11.3 Å². The quantitative estimate of drug-likeness (QED) is 0.890. The Morgan fingerprint density at radius 3 is 2.90 bits per heavy atom. The van der Waals surface area contributed by atoms with Crippen molar-refractivity contribution < 1.29 is 9.21 Å². The molecule has 0 radical (unpaired) electrons. The summed E-state index contributed by atoms with van der Waals surface area (Å²) < 4.78 is 5.28. The van der Waals surface area contributed by atoms with Crippen LogP contribution in [-0.2, 0) is 0 Å². The van der Waals surface area contributed by atoms with Crippen LogP contribution >= 0.6 is 11.3 Å². The van der Waals surface area contributed by atoms with Crippen molar-refractivity contribution in [2.24, 2.45) is 11.7 Å². The van der Waals surface area contributed by atoms with E-state index in [1.165, 1.54) is 11.3 Å². The Labute approximate surface area is 128 Å². The molecule has 2 rings (SSSR count). The molecule has 0 aromatic carbocycles. The predicted octanol–water partition coefficient (Wildman–Crippen LogP) is 2.85. The maximum atomic E-state index is 12.3. The smallest absolute Gasteiger partial charge is 0.265 e. The highest BCUT2D eigenvalue weighted by Gasteiger charge is 2.18. The Morgan fingerprint density at radius 2 is 2.29 bits per heavy atom. The molecule has 2 heterocycles. The third kappa shape index (κ3) is 3.92. The molecule has 6 heteroatoms. The SMILES string of the molecule is CC(C)C(N)CCN(C)C(=O)c1cnc(-c2ccco2)s1. The average Bonchev–Trinajstić information content (AvgIpc) is 3.12. The van der Waals surface area contributed by atoms with Crippen LogP contribution in [0.15, 0.2) is 29.0 Å². The number of nitrogens with two attached hydrogens (primary N) is 1. The van der Waals surface area contributed by atoms with Gasteiger partial charge in [0.2, 0.25) is 0 Å². The monoisotopic (exact) mass is 307 g/mol. The topological polar surface area (TPSA) is 72.4 Å². The predicted molar refractivity (Wildman–Crippen MR) is 84.2 cm³/mol. The van der Waals surface area contributed by atoms with Gasteiger partial charge in [-0.3, -0.25) is 4.79 Å². The van der Waals surface area contributed by atoms with Crippen LogP contribution in [0.4, 0.5) is 0 Å². The van der Waals surface area contributed by atoms with E-state index in [1.54, 1.807) is 30.5 Å². The van der Waals surface area contributed by atoms with Crippen molar-refractivity contribution in [3.8, 4) is 10.8 Å². The number of carbonyl (C=O) groups excluding carboxylic acids is 1. The molecule has 0 aliphatic rings. The lowest BCUT2D eigenvalue weighted by Crippen LogP contribution is -2.34. The number of aromatic nitrogens is 1. The minimum atomic E-state index is -0.0266. The number of amides is 1. The van der Waals surface area contributed by atoms with Crippen molar-refractivity contribution in [2.75, 3.05) is 13.6 Å². The largest absolute Gasteiger partial charge is 0.462 e. The van der Waals surface area contributed by atoms with Crippen molar-refractivity contribution in [2.45, 2.75) is 26.3 Å². The molecule has 2 aromatic rings. The van der Waals surface area contributed by atoms with Gasteiger partial charge >= 0.3 is 0 Å². The third-order valence-corrected chi connectivity index (χ3v) is 4.45. The fourth-order valence-electron chi connectivity index (χ4n) is 1.85. The number of nitrogens with zero attached hydrogens (tertiary/aromatic N) is 2. The van der Waals surface area contributed by atoms with E-state index in [4.69, 9.17) is 10.2 Å². The van der Waals surface area contributed by atoms with Crippen LogP contribution in [-0.4, -0.2) is 35.4 Å². The summed E-state index contributed by atoms with van der Waals surface area (Å²) in [6.45, 7) is 4.82. The summed E-state index contributed by atoms with van der Waals surface area (Å²) in [4.78, 5) is 18.9. The summed E-state index contributed by atoms with van der Waals surface area (Å²) in [7, 11) is 1.79. The van der Waals surface area contributed by atoms with Gasteiger partial charge in [-0.1, -0.05) is 13.8 Å². The highest BCUT2D eigenvalue weighted by atomic mass is 32.1. The molecule has 0 aliphatic heterocycles. The second kappa shape index (κ2) is 6.87. The highest BCUT2D eigenvalue weighted by Crippen LogP contribution is 2.26. The summed E-state index contributed by atoms with van der Waals surface area (Å²) in [5.74, 6) is 1.08. The van der Waals surface area contributed by atoms with E-state index < -0.39 is 0 Å². The number of thiazole rings is 1. The molecular formula is C15H21N3O2S. The van der Waals surface area contributed by atoms with E-state index in [-0.39, 0.29) is 11.9 Å². The van der Waals surface area contributed by atoms with Crippen LogP contribution in [0, 0.1) is 5.92 Å². The highest BCUT2D eigenvalue weighted by molar-refractivity contribution is 7.16. The van der Waals surface area contributed by atoms with Crippen molar-refractivity contribution in [1.82, 2.24) is 9.88 Å². The van der Waals surface area contributed by atoms with E-state index >= 15 is 0 Å². The van der Waals surface area contributed by atoms with E-state index in [2.05, 4.69) is 18.8 Å². The Hall–Kier alpha value is -1.66. The molecular weight excluding hydrogens is 286 g/mol. The van der Waals surface area contributed by atoms with Gasteiger partial charge in [0.15, 0.2) is 10.8 Å². The van der Waals surface area contributed by atoms with Gasteiger partial charge in [-0.2, -0.15) is 0 Å². The van der Waals surface area contributed by atoms with Gasteiger partial charge < -0.3 is 15.1 Å². The number of carbonyl (C=O) groups is 1. The normalized spacial score (nSPS) is 12.6. The van der Waals surface area contributed by atoms with Gasteiger partial charge in [0, 0.05) is 19.6 Å². The molecule has 0 saturated carbocycles.